The van der Waals surface area contributed by atoms with Crippen molar-refractivity contribution in [2.24, 2.45) is 5.92 Å². The normalized spacial score (nSPS) is 22.3. The van der Waals surface area contributed by atoms with E-state index in [2.05, 4.69) is 0 Å². The van der Waals surface area contributed by atoms with Crippen molar-refractivity contribution in [2.75, 3.05) is 13.2 Å². The molecule has 0 aromatic heterocycles. The van der Waals surface area contributed by atoms with Gasteiger partial charge in [0.15, 0.2) is 6.61 Å². The summed E-state index contributed by atoms with van der Waals surface area (Å²) in [7, 11) is 0. The number of fused-ring (bicyclic) bond motifs is 1. The number of nitro groups is 1. The smallest absolute Gasteiger partial charge is 0.331 e. The molecule has 1 aromatic rings. The van der Waals surface area contributed by atoms with Crippen LogP contribution in [0.25, 0.3) is 6.08 Å². The molecule has 1 aromatic carbocycles. The van der Waals surface area contributed by atoms with Gasteiger partial charge in [0.05, 0.1) is 10.5 Å². The first-order valence-corrected chi connectivity index (χ1v) is 9.44. The summed E-state index contributed by atoms with van der Waals surface area (Å²) >= 11 is 0. The van der Waals surface area contributed by atoms with Crippen LogP contribution in [0.4, 0.5) is 5.69 Å². The molecule has 2 aliphatic rings. The molecule has 1 heterocycles. The van der Waals surface area contributed by atoms with E-state index in [-0.39, 0.29) is 24.2 Å². The molecule has 7 nitrogen and oxygen atoms in total. The third-order valence-electron chi connectivity index (χ3n) is 5.43. The molecule has 0 spiro atoms. The highest BCUT2D eigenvalue weighted by Gasteiger charge is 2.35. The maximum absolute atomic E-state index is 12.5. The van der Waals surface area contributed by atoms with Crippen LogP contribution in [0.1, 0.15) is 44.1 Å². The Kier molecular flexibility index (Phi) is 6.21. The lowest BCUT2D eigenvalue weighted by molar-refractivity contribution is -0.385. The summed E-state index contributed by atoms with van der Waals surface area (Å²) in [5.74, 6) is -0.261. The number of nitro benzene ring substituents is 1. The Morgan fingerprint density at radius 3 is 2.74 bits per heavy atom. The number of para-hydroxylation sites is 1. The minimum atomic E-state index is -0.682. The maximum atomic E-state index is 12.5. The van der Waals surface area contributed by atoms with E-state index in [1.54, 1.807) is 18.2 Å². The lowest BCUT2D eigenvalue weighted by Crippen LogP contribution is -2.50. The van der Waals surface area contributed by atoms with Crippen LogP contribution in [0.2, 0.25) is 0 Å². The van der Waals surface area contributed by atoms with Crippen molar-refractivity contribution in [3.63, 3.8) is 0 Å². The Bertz CT molecular complexity index is 744. The van der Waals surface area contributed by atoms with Crippen molar-refractivity contribution in [1.82, 2.24) is 4.90 Å². The first kappa shape index (κ1) is 19.1. The summed E-state index contributed by atoms with van der Waals surface area (Å²) in [5, 5.41) is 11.0. The number of carbonyl (C=O) groups is 2. The van der Waals surface area contributed by atoms with Crippen LogP contribution in [0.3, 0.4) is 0 Å². The number of hydrogen-bond donors (Lipinski definition) is 0. The number of hydrogen-bond acceptors (Lipinski definition) is 5. The van der Waals surface area contributed by atoms with Crippen LogP contribution in [-0.2, 0) is 14.3 Å². The average Bonchev–Trinajstić information content (AvgIpc) is 2.70. The summed E-state index contributed by atoms with van der Waals surface area (Å²) in [6.07, 6.45) is 9.20. The van der Waals surface area contributed by atoms with Gasteiger partial charge in [-0.1, -0.05) is 25.0 Å². The van der Waals surface area contributed by atoms with Crippen molar-refractivity contribution in [2.45, 2.75) is 44.6 Å². The average molecular weight is 372 g/mol. The summed E-state index contributed by atoms with van der Waals surface area (Å²) in [6.45, 7) is 0.437. The zero-order chi connectivity index (χ0) is 19.2. The van der Waals surface area contributed by atoms with Gasteiger partial charge in [-0.05, 0) is 43.7 Å². The fourth-order valence-electron chi connectivity index (χ4n) is 4.15. The van der Waals surface area contributed by atoms with Crippen molar-refractivity contribution >= 4 is 23.6 Å². The van der Waals surface area contributed by atoms with Gasteiger partial charge in [-0.3, -0.25) is 14.9 Å². The molecule has 2 atom stereocenters. The van der Waals surface area contributed by atoms with E-state index in [4.69, 9.17) is 4.74 Å². The highest BCUT2D eigenvalue weighted by Crippen LogP contribution is 2.35. The Hall–Kier alpha value is -2.70. The van der Waals surface area contributed by atoms with Crippen LogP contribution in [0.5, 0.6) is 0 Å². The van der Waals surface area contributed by atoms with Crippen LogP contribution in [-0.4, -0.2) is 40.9 Å². The van der Waals surface area contributed by atoms with Gasteiger partial charge in [0.25, 0.3) is 11.6 Å². The van der Waals surface area contributed by atoms with Crippen molar-refractivity contribution in [3.8, 4) is 0 Å². The Labute approximate surface area is 158 Å². The van der Waals surface area contributed by atoms with E-state index in [1.807, 2.05) is 4.90 Å². The molecule has 7 heteroatoms. The molecule has 0 bridgehead atoms. The molecule has 1 aliphatic carbocycles. The SMILES string of the molecule is O=C(/C=C/c1ccccc1[N+](=O)[O-])OCC(=O)N1CCC[C@@H]2CCCC[C@H]21. The van der Waals surface area contributed by atoms with E-state index in [0.717, 1.165) is 31.9 Å². The van der Waals surface area contributed by atoms with E-state index in [1.165, 1.54) is 31.4 Å². The molecule has 0 unspecified atom stereocenters. The molecule has 3 rings (SSSR count). The minimum Gasteiger partial charge on any atom is -0.452 e. The molecule has 0 radical (unpaired) electrons. The second-order valence-corrected chi connectivity index (χ2v) is 7.10. The van der Waals surface area contributed by atoms with Gasteiger partial charge in [0.2, 0.25) is 0 Å². The van der Waals surface area contributed by atoms with Gasteiger partial charge >= 0.3 is 5.97 Å². The van der Waals surface area contributed by atoms with Crippen molar-refractivity contribution < 1.29 is 19.2 Å². The molecule has 1 saturated heterocycles. The van der Waals surface area contributed by atoms with E-state index >= 15 is 0 Å². The van der Waals surface area contributed by atoms with Gasteiger partial charge in [-0.15, -0.1) is 0 Å². The van der Waals surface area contributed by atoms with Gasteiger partial charge in [-0.2, -0.15) is 0 Å². The second kappa shape index (κ2) is 8.79. The van der Waals surface area contributed by atoms with Crippen LogP contribution >= 0.6 is 0 Å². The van der Waals surface area contributed by atoms with Crippen LogP contribution < -0.4 is 0 Å². The Morgan fingerprint density at radius 2 is 1.93 bits per heavy atom. The number of carbonyl (C=O) groups excluding carboxylic acids is 2. The second-order valence-electron chi connectivity index (χ2n) is 7.10. The number of amides is 1. The molecule has 1 amide bonds. The number of piperidine rings is 1. The Morgan fingerprint density at radius 1 is 1.19 bits per heavy atom. The van der Waals surface area contributed by atoms with Crippen LogP contribution in [0.15, 0.2) is 30.3 Å². The molecule has 27 heavy (non-hydrogen) atoms. The summed E-state index contributed by atoms with van der Waals surface area (Å²) in [6, 6.07) is 6.40. The summed E-state index contributed by atoms with van der Waals surface area (Å²) < 4.78 is 5.07. The molecule has 1 aliphatic heterocycles. The maximum Gasteiger partial charge on any atom is 0.331 e. The summed E-state index contributed by atoms with van der Waals surface area (Å²) in [4.78, 5) is 36.8. The lowest BCUT2D eigenvalue weighted by Gasteiger charge is -2.44. The van der Waals surface area contributed by atoms with Crippen LogP contribution in [0, 0.1) is 16.0 Å². The number of likely N-dealkylation sites (tertiary alicyclic amines) is 1. The van der Waals surface area contributed by atoms with Gasteiger partial charge in [-0.25, -0.2) is 4.79 Å². The summed E-state index contributed by atoms with van der Waals surface area (Å²) in [5.41, 5.74) is 0.223. The minimum absolute atomic E-state index is 0.0886. The Balaban J connectivity index is 1.54. The largest absolute Gasteiger partial charge is 0.452 e. The lowest BCUT2D eigenvalue weighted by atomic mass is 9.78. The third kappa shape index (κ3) is 4.72. The molecular formula is C20H24N2O5. The zero-order valence-electron chi connectivity index (χ0n) is 15.2. The predicted octanol–water partition coefficient (Wildman–Crippen LogP) is 3.33. The first-order chi connectivity index (χ1) is 13.1. The molecule has 1 saturated carbocycles. The molecule has 0 N–H and O–H groups in total. The van der Waals surface area contributed by atoms with Crippen molar-refractivity contribution in [3.05, 3.63) is 46.0 Å². The molecule has 2 fully saturated rings. The molecule has 144 valence electrons. The number of nitrogens with zero attached hydrogens (tertiary/aromatic N) is 2. The monoisotopic (exact) mass is 372 g/mol. The van der Waals surface area contributed by atoms with Crippen molar-refractivity contribution in [1.29, 1.82) is 0 Å². The highest BCUT2D eigenvalue weighted by atomic mass is 16.6. The fraction of sp³-hybridized carbons (Fsp3) is 0.500. The quantitative estimate of drug-likeness (QED) is 0.342. The standard InChI is InChI=1S/C20H24N2O5/c23-19(21-13-5-8-15-6-1-3-9-17(15)21)14-27-20(24)12-11-16-7-2-4-10-18(16)22(25)26/h2,4,7,10-12,15,17H,1,3,5-6,8-9,13-14H2/b12-11+/t15-,17+/m0/s1. The number of benzene rings is 1. The predicted molar refractivity (Wildman–Crippen MR) is 99.8 cm³/mol. The third-order valence-corrected chi connectivity index (χ3v) is 5.43. The number of esters is 1. The highest BCUT2D eigenvalue weighted by molar-refractivity contribution is 5.90. The van der Waals surface area contributed by atoms with Gasteiger partial charge < -0.3 is 9.64 Å². The zero-order valence-corrected chi connectivity index (χ0v) is 15.2. The topological polar surface area (TPSA) is 89.7 Å². The number of rotatable bonds is 5. The van der Waals surface area contributed by atoms with E-state index in [9.17, 15) is 19.7 Å². The van der Waals surface area contributed by atoms with Gasteiger partial charge in [0, 0.05) is 24.7 Å². The van der Waals surface area contributed by atoms with Gasteiger partial charge in [0.1, 0.15) is 0 Å². The van der Waals surface area contributed by atoms with E-state index in [0.29, 0.717) is 11.5 Å². The molecular weight excluding hydrogens is 348 g/mol. The van der Waals surface area contributed by atoms with E-state index < -0.39 is 10.9 Å². The first-order valence-electron chi connectivity index (χ1n) is 9.44. The number of ether oxygens (including phenoxy) is 1. The fourth-order valence-corrected chi connectivity index (χ4v) is 4.15.